The maximum atomic E-state index is 12.0. The molecule has 1 aromatic carbocycles. The van der Waals surface area contributed by atoms with Crippen molar-refractivity contribution in [2.75, 3.05) is 12.3 Å². The lowest BCUT2D eigenvalue weighted by Crippen LogP contribution is -2.21. The molecule has 2 N–H and O–H groups in total. The van der Waals surface area contributed by atoms with Gasteiger partial charge in [0.15, 0.2) is 9.84 Å². The van der Waals surface area contributed by atoms with Crippen molar-refractivity contribution in [2.24, 2.45) is 11.7 Å². The van der Waals surface area contributed by atoms with Crippen LogP contribution in [-0.4, -0.2) is 20.7 Å². The highest BCUT2D eigenvalue weighted by Crippen LogP contribution is 2.19. The van der Waals surface area contributed by atoms with Gasteiger partial charge in [-0.2, -0.15) is 0 Å². The summed E-state index contributed by atoms with van der Waals surface area (Å²) >= 11 is 0. The van der Waals surface area contributed by atoms with E-state index in [0.717, 1.165) is 5.56 Å². The van der Waals surface area contributed by atoms with Crippen LogP contribution in [-0.2, 0) is 9.84 Å². The number of sulfone groups is 1. The first-order chi connectivity index (χ1) is 7.86. The van der Waals surface area contributed by atoms with Crippen LogP contribution < -0.4 is 5.73 Å². The van der Waals surface area contributed by atoms with Gasteiger partial charge in [-0.15, -0.1) is 0 Å². The van der Waals surface area contributed by atoms with Crippen molar-refractivity contribution in [1.82, 2.24) is 0 Å². The van der Waals surface area contributed by atoms with Gasteiger partial charge in [-0.3, -0.25) is 0 Å². The van der Waals surface area contributed by atoms with Crippen LogP contribution in [0.4, 0.5) is 0 Å². The topological polar surface area (TPSA) is 60.2 Å². The summed E-state index contributed by atoms with van der Waals surface area (Å²) in [5, 5.41) is 0. The average Bonchev–Trinajstić information content (AvgIpc) is 2.28. The number of hydrogen-bond donors (Lipinski definition) is 1. The van der Waals surface area contributed by atoms with Crippen molar-refractivity contribution in [3.05, 3.63) is 29.8 Å². The zero-order valence-corrected chi connectivity index (χ0v) is 11.5. The smallest absolute Gasteiger partial charge is 0.178 e. The van der Waals surface area contributed by atoms with Crippen molar-refractivity contribution in [1.29, 1.82) is 0 Å². The van der Waals surface area contributed by atoms with E-state index < -0.39 is 9.84 Å². The monoisotopic (exact) mass is 255 g/mol. The maximum absolute atomic E-state index is 12.0. The molecular weight excluding hydrogens is 234 g/mol. The van der Waals surface area contributed by atoms with E-state index in [1.165, 1.54) is 0 Å². The molecule has 0 saturated heterocycles. The van der Waals surface area contributed by atoms with Crippen LogP contribution in [0.5, 0.6) is 0 Å². The molecule has 0 amide bonds. The van der Waals surface area contributed by atoms with Gasteiger partial charge in [-0.25, -0.2) is 8.42 Å². The molecule has 3 nitrogen and oxygen atoms in total. The molecule has 0 aliphatic carbocycles. The van der Waals surface area contributed by atoms with Crippen molar-refractivity contribution in [2.45, 2.75) is 31.6 Å². The molecule has 1 aromatic rings. The molecule has 0 aliphatic rings. The third-order valence-corrected chi connectivity index (χ3v) is 4.81. The molecule has 17 heavy (non-hydrogen) atoms. The Morgan fingerprint density at radius 2 is 1.65 bits per heavy atom. The highest BCUT2D eigenvalue weighted by molar-refractivity contribution is 7.91. The number of benzene rings is 1. The Balaban J connectivity index is 2.92. The molecule has 0 heterocycles. The molecule has 1 rings (SSSR count). The molecule has 0 aliphatic heterocycles. The first-order valence-corrected chi connectivity index (χ1v) is 7.55. The fourth-order valence-electron chi connectivity index (χ4n) is 1.60. The third-order valence-electron chi connectivity index (χ3n) is 2.81. The molecule has 0 bridgehead atoms. The molecule has 0 radical (unpaired) electrons. The predicted octanol–water partition coefficient (Wildman–Crippen LogP) is 2.18. The standard InChI is InChI=1S/C13H21NO2S/c1-10(2)12-4-6-13(7-5-12)17(15,16)9-11(3)8-14/h4-7,10-11H,8-9,14H2,1-3H3. The van der Waals surface area contributed by atoms with Crippen molar-refractivity contribution in [3.63, 3.8) is 0 Å². The minimum absolute atomic E-state index is 0.00947. The Kier molecular flexibility index (Phi) is 4.71. The van der Waals surface area contributed by atoms with E-state index in [9.17, 15) is 8.42 Å². The van der Waals surface area contributed by atoms with Crippen LogP contribution in [0.3, 0.4) is 0 Å². The van der Waals surface area contributed by atoms with E-state index >= 15 is 0 Å². The van der Waals surface area contributed by atoms with Gasteiger partial charge in [0.25, 0.3) is 0 Å². The van der Waals surface area contributed by atoms with Gasteiger partial charge in [0.05, 0.1) is 10.6 Å². The lowest BCUT2D eigenvalue weighted by Gasteiger charge is -2.11. The molecule has 4 heteroatoms. The molecule has 1 unspecified atom stereocenters. The zero-order valence-electron chi connectivity index (χ0n) is 10.7. The lowest BCUT2D eigenvalue weighted by atomic mass is 10.0. The molecule has 1 atom stereocenters. The molecule has 0 spiro atoms. The summed E-state index contributed by atoms with van der Waals surface area (Å²) in [5.74, 6) is 0.518. The molecule has 0 fully saturated rings. The second-order valence-electron chi connectivity index (χ2n) is 4.85. The largest absolute Gasteiger partial charge is 0.330 e. The van der Waals surface area contributed by atoms with Crippen LogP contribution >= 0.6 is 0 Å². The normalized spacial score (nSPS) is 13.9. The van der Waals surface area contributed by atoms with Crippen molar-refractivity contribution < 1.29 is 8.42 Å². The van der Waals surface area contributed by atoms with Gasteiger partial charge in [-0.1, -0.05) is 32.9 Å². The molecule has 0 saturated carbocycles. The molecule has 96 valence electrons. The summed E-state index contributed by atoms with van der Waals surface area (Å²) in [4.78, 5) is 0.391. The highest BCUT2D eigenvalue weighted by atomic mass is 32.2. The minimum Gasteiger partial charge on any atom is -0.330 e. The SMILES string of the molecule is CC(CN)CS(=O)(=O)c1ccc(C(C)C)cc1. The summed E-state index contributed by atoms with van der Waals surface area (Å²) in [6.45, 7) is 6.41. The van der Waals surface area contributed by atoms with Gasteiger partial charge in [0, 0.05) is 0 Å². The van der Waals surface area contributed by atoms with Gasteiger partial charge < -0.3 is 5.73 Å². The fourth-order valence-corrected chi connectivity index (χ4v) is 3.23. The second kappa shape index (κ2) is 5.65. The van der Waals surface area contributed by atoms with Crippen LogP contribution in [0.25, 0.3) is 0 Å². The second-order valence-corrected chi connectivity index (χ2v) is 6.88. The first kappa shape index (κ1) is 14.2. The summed E-state index contributed by atoms with van der Waals surface area (Å²) in [6.07, 6.45) is 0. The zero-order chi connectivity index (χ0) is 13.1. The van der Waals surface area contributed by atoms with E-state index in [0.29, 0.717) is 17.4 Å². The first-order valence-electron chi connectivity index (χ1n) is 5.89. The average molecular weight is 255 g/mol. The summed E-state index contributed by atoms with van der Waals surface area (Å²) < 4.78 is 24.1. The summed E-state index contributed by atoms with van der Waals surface area (Å²) in [7, 11) is -3.19. The summed E-state index contributed by atoms with van der Waals surface area (Å²) in [6, 6.07) is 7.14. The van der Waals surface area contributed by atoms with Crippen LogP contribution in [0.2, 0.25) is 0 Å². The lowest BCUT2D eigenvalue weighted by molar-refractivity contribution is 0.574. The van der Waals surface area contributed by atoms with Gasteiger partial charge in [-0.05, 0) is 36.1 Å². The van der Waals surface area contributed by atoms with E-state index in [1.54, 1.807) is 12.1 Å². The Morgan fingerprint density at radius 3 is 2.06 bits per heavy atom. The quantitative estimate of drug-likeness (QED) is 0.877. The third kappa shape index (κ3) is 3.82. The van der Waals surface area contributed by atoms with Crippen LogP contribution in [0.1, 0.15) is 32.3 Å². The van der Waals surface area contributed by atoms with Crippen LogP contribution in [0.15, 0.2) is 29.2 Å². The number of rotatable bonds is 5. The van der Waals surface area contributed by atoms with Gasteiger partial charge >= 0.3 is 0 Å². The van der Waals surface area contributed by atoms with E-state index in [4.69, 9.17) is 5.73 Å². The Morgan fingerprint density at radius 1 is 1.12 bits per heavy atom. The van der Waals surface area contributed by atoms with E-state index in [2.05, 4.69) is 13.8 Å². The van der Waals surface area contributed by atoms with Gasteiger partial charge in [0.2, 0.25) is 0 Å². The molecular formula is C13H21NO2S. The number of nitrogens with two attached hydrogens (primary N) is 1. The highest BCUT2D eigenvalue weighted by Gasteiger charge is 2.17. The van der Waals surface area contributed by atoms with Crippen molar-refractivity contribution in [3.8, 4) is 0 Å². The Labute approximate surface area is 104 Å². The Hall–Kier alpha value is -0.870. The maximum Gasteiger partial charge on any atom is 0.178 e. The van der Waals surface area contributed by atoms with E-state index in [-0.39, 0.29) is 11.7 Å². The van der Waals surface area contributed by atoms with E-state index in [1.807, 2.05) is 19.1 Å². The number of hydrogen-bond acceptors (Lipinski definition) is 3. The predicted molar refractivity (Wildman–Crippen MR) is 70.8 cm³/mol. The Bertz CT molecular complexity index is 449. The van der Waals surface area contributed by atoms with Crippen molar-refractivity contribution >= 4 is 9.84 Å². The fraction of sp³-hybridized carbons (Fsp3) is 0.538. The van der Waals surface area contributed by atoms with Gasteiger partial charge in [0.1, 0.15) is 0 Å². The van der Waals surface area contributed by atoms with Crippen LogP contribution in [0, 0.1) is 5.92 Å². The molecule has 0 aromatic heterocycles. The minimum atomic E-state index is -3.19. The summed E-state index contributed by atoms with van der Waals surface area (Å²) in [5.41, 5.74) is 6.61.